The Bertz CT molecular complexity index is 884. The van der Waals surface area contributed by atoms with Crippen LogP contribution in [0.15, 0.2) is 76.5 Å². The molecule has 0 aliphatic rings. The molecule has 0 spiro atoms. The van der Waals surface area contributed by atoms with E-state index in [1.165, 1.54) is 34.3 Å². The summed E-state index contributed by atoms with van der Waals surface area (Å²) in [6.45, 7) is 4.27. The summed E-state index contributed by atoms with van der Waals surface area (Å²) in [4.78, 5) is 13.9. The lowest BCUT2D eigenvalue weighted by Crippen LogP contribution is -2.00. The van der Waals surface area contributed by atoms with Crippen LogP contribution in [0, 0.1) is 13.8 Å². The molecule has 0 fully saturated rings. The van der Waals surface area contributed by atoms with Crippen LogP contribution in [0.3, 0.4) is 0 Å². The molecule has 0 saturated heterocycles. The Morgan fingerprint density at radius 3 is 2.16 bits per heavy atom. The predicted octanol–water partition coefficient (Wildman–Crippen LogP) is 5.91. The molecular formula is C22H20O2S. The van der Waals surface area contributed by atoms with Crippen molar-refractivity contribution in [3.63, 3.8) is 0 Å². The van der Waals surface area contributed by atoms with Gasteiger partial charge in [-0.05, 0) is 66.4 Å². The SMILES string of the molecule is COC(=O)c1ccc(Sc2cc(C)c(C)cc2-c2ccccc2)cc1. The van der Waals surface area contributed by atoms with E-state index in [1.807, 2.05) is 18.2 Å². The van der Waals surface area contributed by atoms with Crippen LogP contribution in [0.1, 0.15) is 21.5 Å². The van der Waals surface area contributed by atoms with Gasteiger partial charge in [-0.25, -0.2) is 4.79 Å². The Hall–Kier alpha value is -2.52. The van der Waals surface area contributed by atoms with E-state index < -0.39 is 0 Å². The van der Waals surface area contributed by atoms with Gasteiger partial charge >= 0.3 is 5.97 Å². The molecular weight excluding hydrogens is 328 g/mol. The molecule has 0 amide bonds. The third-order valence-corrected chi connectivity index (χ3v) is 5.25. The summed E-state index contributed by atoms with van der Waals surface area (Å²) < 4.78 is 4.75. The highest BCUT2D eigenvalue weighted by molar-refractivity contribution is 7.99. The van der Waals surface area contributed by atoms with Crippen molar-refractivity contribution in [3.8, 4) is 11.1 Å². The summed E-state index contributed by atoms with van der Waals surface area (Å²) in [5, 5.41) is 0. The molecule has 0 aliphatic heterocycles. The lowest BCUT2D eigenvalue weighted by Gasteiger charge is -2.13. The van der Waals surface area contributed by atoms with Gasteiger partial charge in [-0.1, -0.05) is 48.2 Å². The Balaban J connectivity index is 1.97. The maximum Gasteiger partial charge on any atom is 0.337 e. The number of methoxy groups -OCH3 is 1. The minimum Gasteiger partial charge on any atom is -0.465 e. The Kier molecular flexibility index (Phi) is 5.25. The van der Waals surface area contributed by atoms with Crippen molar-refractivity contribution in [1.29, 1.82) is 0 Å². The fourth-order valence-corrected chi connectivity index (χ4v) is 3.67. The lowest BCUT2D eigenvalue weighted by atomic mass is 10.0. The van der Waals surface area contributed by atoms with E-state index in [0.717, 1.165) is 4.90 Å². The van der Waals surface area contributed by atoms with Gasteiger partial charge in [-0.3, -0.25) is 0 Å². The minimum absolute atomic E-state index is 0.312. The third-order valence-electron chi connectivity index (χ3n) is 4.18. The van der Waals surface area contributed by atoms with Crippen LogP contribution in [0.25, 0.3) is 11.1 Å². The third kappa shape index (κ3) is 3.94. The molecule has 2 nitrogen and oxygen atoms in total. The zero-order valence-corrected chi connectivity index (χ0v) is 15.4. The zero-order valence-electron chi connectivity index (χ0n) is 14.6. The number of carbonyl (C=O) groups excluding carboxylic acids is 1. The van der Waals surface area contributed by atoms with E-state index in [1.54, 1.807) is 23.9 Å². The first-order valence-electron chi connectivity index (χ1n) is 8.11. The second-order valence-electron chi connectivity index (χ2n) is 5.92. The van der Waals surface area contributed by atoms with E-state index in [-0.39, 0.29) is 5.97 Å². The molecule has 0 unspecified atom stereocenters. The summed E-state index contributed by atoms with van der Waals surface area (Å²) >= 11 is 1.71. The zero-order chi connectivity index (χ0) is 17.8. The standard InChI is InChI=1S/C22H20O2S/c1-15-13-20(17-7-5-4-6-8-17)21(14-16(15)2)25-19-11-9-18(10-12-19)22(23)24-3/h4-14H,1-3H3. The van der Waals surface area contributed by atoms with Gasteiger partial charge in [0, 0.05) is 9.79 Å². The lowest BCUT2D eigenvalue weighted by molar-refractivity contribution is 0.0600. The van der Waals surface area contributed by atoms with Gasteiger partial charge in [-0.15, -0.1) is 0 Å². The van der Waals surface area contributed by atoms with Crippen LogP contribution in [0.5, 0.6) is 0 Å². The van der Waals surface area contributed by atoms with E-state index >= 15 is 0 Å². The molecule has 0 radical (unpaired) electrons. The molecule has 25 heavy (non-hydrogen) atoms. The number of rotatable bonds is 4. The van der Waals surface area contributed by atoms with E-state index in [9.17, 15) is 4.79 Å². The van der Waals surface area contributed by atoms with Crippen molar-refractivity contribution in [3.05, 3.63) is 83.4 Å². The van der Waals surface area contributed by atoms with Crippen molar-refractivity contribution in [2.75, 3.05) is 7.11 Å². The van der Waals surface area contributed by atoms with E-state index in [0.29, 0.717) is 5.56 Å². The maximum absolute atomic E-state index is 11.6. The van der Waals surface area contributed by atoms with Crippen molar-refractivity contribution in [2.45, 2.75) is 23.6 Å². The van der Waals surface area contributed by atoms with Gasteiger partial charge in [0.25, 0.3) is 0 Å². The van der Waals surface area contributed by atoms with Crippen LogP contribution < -0.4 is 0 Å². The number of esters is 1. The minimum atomic E-state index is -0.312. The molecule has 3 heteroatoms. The highest BCUT2D eigenvalue weighted by atomic mass is 32.2. The Morgan fingerprint density at radius 1 is 0.880 bits per heavy atom. The number of hydrogen-bond acceptors (Lipinski definition) is 3. The molecule has 0 atom stereocenters. The Labute approximate surface area is 152 Å². The molecule has 0 heterocycles. The molecule has 3 aromatic rings. The van der Waals surface area contributed by atoms with Crippen molar-refractivity contribution >= 4 is 17.7 Å². The average Bonchev–Trinajstić information content (AvgIpc) is 2.65. The first-order chi connectivity index (χ1) is 12.1. The smallest absolute Gasteiger partial charge is 0.337 e. The van der Waals surface area contributed by atoms with E-state index in [2.05, 4.69) is 50.2 Å². The van der Waals surface area contributed by atoms with Gasteiger partial charge in [0.2, 0.25) is 0 Å². The predicted molar refractivity (Wildman–Crippen MR) is 103 cm³/mol. The van der Waals surface area contributed by atoms with E-state index in [4.69, 9.17) is 4.74 Å². The Morgan fingerprint density at radius 2 is 1.52 bits per heavy atom. The van der Waals surface area contributed by atoms with Crippen LogP contribution >= 0.6 is 11.8 Å². The molecule has 126 valence electrons. The summed E-state index contributed by atoms with van der Waals surface area (Å²) in [7, 11) is 1.40. The van der Waals surface area contributed by atoms with Crippen LogP contribution in [-0.4, -0.2) is 13.1 Å². The average molecular weight is 348 g/mol. The van der Waals surface area contributed by atoms with Gasteiger partial charge < -0.3 is 4.74 Å². The highest BCUT2D eigenvalue weighted by Crippen LogP contribution is 2.37. The first-order valence-corrected chi connectivity index (χ1v) is 8.93. The largest absolute Gasteiger partial charge is 0.465 e. The van der Waals surface area contributed by atoms with Crippen LogP contribution in [0.4, 0.5) is 0 Å². The first kappa shape index (κ1) is 17.3. The number of aryl methyl sites for hydroxylation is 2. The van der Waals surface area contributed by atoms with Crippen molar-refractivity contribution < 1.29 is 9.53 Å². The maximum atomic E-state index is 11.6. The molecule has 0 bridgehead atoms. The molecule has 0 aromatic heterocycles. The molecule has 0 aliphatic carbocycles. The van der Waals surface area contributed by atoms with Crippen LogP contribution in [0.2, 0.25) is 0 Å². The summed E-state index contributed by atoms with van der Waals surface area (Å²) in [6, 6.07) is 22.4. The molecule has 3 rings (SSSR count). The summed E-state index contributed by atoms with van der Waals surface area (Å²) in [5.74, 6) is -0.312. The molecule has 0 N–H and O–H groups in total. The molecule has 3 aromatic carbocycles. The quantitative estimate of drug-likeness (QED) is 0.548. The number of benzene rings is 3. The van der Waals surface area contributed by atoms with Gasteiger partial charge in [0.15, 0.2) is 0 Å². The second kappa shape index (κ2) is 7.58. The molecule has 0 saturated carbocycles. The van der Waals surface area contributed by atoms with Crippen molar-refractivity contribution in [2.24, 2.45) is 0 Å². The highest BCUT2D eigenvalue weighted by Gasteiger charge is 2.10. The fourth-order valence-electron chi connectivity index (χ4n) is 2.62. The topological polar surface area (TPSA) is 26.3 Å². The number of hydrogen-bond donors (Lipinski definition) is 0. The van der Waals surface area contributed by atoms with Gasteiger partial charge in [-0.2, -0.15) is 0 Å². The van der Waals surface area contributed by atoms with Gasteiger partial charge in [0.05, 0.1) is 12.7 Å². The second-order valence-corrected chi connectivity index (χ2v) is 7.03. The normalized spacial score (nSPS) is 10.5. The number of ether oxygens (including phenoxy) is 1. The fraction of sp³-hybridized carbons (Fsp3) is 0.136. The summed E-state index contributed by atoms with van der Waals surface area (Å²) in [6.07, 6.45) is 0. The van der Waals surface area contributed by atoms with Crippen LogP contribution in [-0.2, 0) is 4.74 Å². The van der Waals surface area contributed by atoms with Gasteiger partial charge in [0.1, 0.15) is 0 Å². The summed E-state index contributed by atoms with van der Waals surface area (Å²) in [5.41, 5.74) is 5.55. The number of carbonyl (C=O) groups is 1. The monoisotopic (exact) mass is 348 g/mol. The van der Waals surface area contributed by atoms with Crippen molar-refractivity contribution in [1.82, 2.24) is 0 Å².